The van der Waals surface area contributed by atoms with E-state index in [9.17, 15) is 9.59 Å². The molecule has 1 N–H and O–H groups in total. The van der Waals surface area contributed by atoms with E-state index in [1.54, 1.807) is 36.4 Å². The number of aryl methyl sites for hydroxylation is 2. The Morgan fingerprint density at radius 1 is 1.03 bits per heavy atom. The minimum atomic E-state index is -0.339. The van der Waals surface area contributed by atoms with Crippen molar-refractivity contribution >= 4 is 17.5 Å². The van der Waals surface area contributed by atoms with Crippen molar-refractivity contribution in [2.45, 2.75) is 32.7 Å². The van der Waals surface area contributed by atoms with Crippen LogP contribution >= 0.6 is 0 Å². The summed E-state index contributed by atoms with van der Waals surface area (Å²) in [6, 6.07) is 16.8. The maximum atomic E-state index is 13.2. The maximum Gasteiger partial charge on any atom is 0.291 e. The molecule has 2 heterocycles. The summed E-state index contributed by atoms with van der Waals surface area (Å²) >= 11 is 0. The molecule has 0 aliphatic carbocycles. The zero-order valence-electron chi connectivity index (χ0n) is 16.6. The van der Waals surface area contributed by atoms with Gasteiger partial charge in [-0.3, -0.25) is 9.59 Å². The van der Waals surface area contributed by atoms with Crippen LogP contribution in [0.4, 0.5) is 5.69 Å². The molecule has 1 atom stereocenters. The highest BCUT2D eigenvalue weighted by Gasteiger charge is 2.30. The molecule has 0 radical (unpaired) electrons. The lowest BCUT2D eigenvalue weighted by Crippen LogP contribution is -2.30. The van der Waals surface area contributed by atoms with Crippen LogP contribution in [0.25, 0.3) is 0 Å². The molecule has 0 spiro atoms. The summed E-state index contributed by atoms with van der Waals surface area (Å²) in [6.45, 7) is 4.93. The molecule has 5 nitrogen and oxygen atoms in total. The maximum absolute atomic E-state index is 13.2. The van der Waals surface area contributed by atoms with Gasteiger partial charge in [0.1, 0.15) is 0 Å². The molecule has 1 saturated heterocycles. The van der Waals surface area contributed by atoms with Crippen LogP contribution < -0.4 is 5.32 Å². The monoisotopic (exact) mass is 388 g/mol. The van der Waals surface area contributed by atoms with Crippen LogP contribution in [0.1, 0.15) is 56.5 Å². The second kappa shape index (κ2) is 7.95. The quantitative estimate of drug-likeness (QED) is 0.674. The van der Waals surface area contributed by atoms with Crippen molar-refractivity contribution in [2.24, 2.45) is 0 Å². The number of amides is 2. The van der Waals surface area contributed by atoms with E-state index in [1.807, 2.05) is 4.90 Å². The number of hydrogen-bond donors (Lipinski definition) is 1. The topological polar surface area (TPSA) is 62.6 Å². The Labute approximate surface area is 170 Å². The Hall–Kier alpha value is -3.34. The molecular weight excluding hydrogens is 364 g/mol. The summed E-state index contributed by atoms with van der Waals surface area (Å²) < 4.78 is 5.12. The third kappa shape index (κ3) is 3.94. The average Bonchev–Trinajstić information content (AvgIpc) is 3.42. The molecule has 5 heteroatoms. The molecule has 148 valence electrons. The molecule has 2 aromatic carbocycles. The fourth-order valence-electron chi connectivity index (χ4n) is 3.82. The number of benzene rings is 2. The van der Waals surface area contributed by atoms with Crippen LogP contribution in [-0.4, -0.2) is 23.3 Å². The van der Waals surface area contributed by atoms with Gasteiger partial charge in [0, 0.05) is 17.8 Å². The van der Waals surface area contributed by atoms with Crippen LogP contribution in [0, 0.1) is 13.8 Å². The summed E-state index contributed by atoms with van der Waals surface area (Å²) in [7, 11) is 0. The first kappa shape index (κ1) is 19.0. The van der Waals surface area contributed by atoms with Crippen molar-refractivity contribution in [1.82, 2.24) is 4.90 Å². The third-order valence-corrected chi connectivity index (χ3v) is 5.54. The van der Waals surface area contributed by atoms with Gasteiger partial charge in [-0.1, -0.05) is 24.3 Å². The Morgan fingerprint density at radius 3 is 2.66 bits per heavy atom. The summed E-state index contributed by atoms with van der Waals surface area (Å²) in [5.74, 6) is -0.121. The zero-order chi connectivity index (χ0) is 20.4. The minimum Gasteiger partial charge on any atom is -0.459 e. The van der Waals surface area contributed by atoms with E-state index >= 15 is 0 Å². The lowest BCUT2D eigenvalue weighted by atomic mass is 9.99. The minimum absolute atomic E-state index is 0.0141. The van der Waals surface area contributed by atoms with Crippen LogP contribution in [-0.2, 0) is 0 Å². The highest BCUT2D eigenvalue weighted by atomic mass is 16.3. The van der Waals surface area contributed by atoms with Gasteiger partial charge in [-0.05, 0) is 73.7 Å². The molecule has 4 rings (SSSR count). The van der Waals surface area contributed by atoms with Crippen molar-refractivity contribution < 1.29 is 14.0 Å². The molecule has 2 amide bonds. The second-order valence-corrected chi connectivity index (χ2v) is 7.51. The summed E-state index contributed by atoms with van der Waals surface area (Å²) in [4.78, 5) is 27.4. The van der Waals surface area contributed by atoms with Gasteiger partial charge in [0.25, 0.3) is 11.8 Å². The largest absolute Gasteiger partial charge is 0.459 e. The predicted octanol–water partition coefficient (Wildman–Crippen LogP) is 5.13. The highest BCUT2D eigenvalue weighted by Crippen LogP contribution is 2.34. The molecule has 0 bridgehead atoms. The number of rotatable bonds is 4. The van der Waals surface area contributed by atoms with Crippen molar-refractivity contribution in [3.8, 4) is 0 Å². The number of anilines is 1. The number of carbonyl (C=O) groups is 2. The van der Waals surface area contributed by atoms with Gasteiger partial charge in [0.2, 0.25) is 0 Å². The third-order valence-electron chi connectivity index (χ3n) is 5.54. The van der Waals surface area contributed by atoms with Gasteiger partial charge < -0.3 is 14.6 Å². The average molecular weight is 388 g/mol. The van der Waals surface area contributed by atoms with Gasteiger partial charge in [-0.25, -0.2) is 0 Å². The summed E-state index contributed by atoms with van der Waals surface area (Å²) in [6.07, 6.45) is 3.40. The number of nitrogens with one attached hydrogen (secondary N) is 1. The van der Waals surface area contributed by atoms with Gasteiger partial charge in [-0.2, -0.15) is 0 Å². The molecule has 1 aromatic heterocycles. The Morgan fingerprint density at radius 2 is 1.90 bits per heavy atom. The smallest absolute Gasteiger partial charge is 0.291 e. The number of hydrogen-bond acceptors (Lipinski definition) is 3. The first-order chi connectivity index (χ1) is 14.0. The molecule has 29 heavy (non-hydrogen) atoms. The molecule has 3 aromatic rings. The van der Waals surface area contributed by atoms with Crippen LogP contribution in [0.5, 0.6) is 0 Å². The molecule has 0 saturated carbocycles. The number of carbonyl (C=O) groups excluding carboxylic acids is 2. The zero-order valence-corrected chi connectivity index (χ0v) is 16.6. The predicted molar refractivity (Wildman–Crippen MR) is 112 cm³/mol. The first-order valence-electron chi connectivity index (χ1n) is 9.86. The van der Waals surface area contributed by atoms with Gasteiger partial charge >= 0.3 is 0 Å². The van der Waals surface area contributed by atoms with Crippen molar-refractivity contribution in [2.75, 3.05) is 11.9 Å². The van der Waals surface area contributed by atoms with E-state index in [2.05, 4.69) is 37.4 Å². The highest BCUT2D eigenvalue weighted by molar-refractivity contribution is 6.03. The molecule has 1 fully saturated rings. The first-order valence-corrected chi connectivity index (χ1v) is 9.86. The number of likely N-dealkylation sites (tertiary alicyclic amines) is 1. The lowest BCUT2D eigenvalue weighted by Gasteiger charge is -2.26. The van der Waals surface area contributed by atoms with E-state index in [-0.39, 0.29) is 23.6 Å². The Kier molecular flexibility index (Phi) is 5.21. The molecular formula is C24H24N2O3. The van der Waals surface area contributed by atoms with Crippen LogP contribution in [0.3, 0.4) is 0 Å². The van der Waals surface area contributed by atoms with Crippen LogP contribution in [0.15, 0.2) is 65.3 Å². The lowest BCUT2D eigenvalue weighted by molar-refractivity contribution is 0.0735. The SMILES string of the molecule is Cc1ccc(C2CCCN2C(=O)c2cccc(NC(=O)c3ccco3)c2)cc1C. The fraction of sp³-hybridized carbons (Fsp3) is 0.250. The van der Waals surface area contributed by atoms with E-state index < -0.39 is 0 Å². The molecule has 1 aliphatic rings. The Balaban J connectivity index is 1.54. The van der Waals surface area contributed by atoms with Crippen molar-refractivity contribution in [3.63, 3.8) is 0 Å². The van der Waals surface area contributed by atoms with Crippen molar-refractivity contribution in [1.29, 1.82) is 0 Å². The van der Waals surface area contributed by atoms with Gasteiger partial charge in [0.15, 0.2) is 5.76 Å². The number of nitrogens with zero attached hydrogens (tertiary/aromatic N) is 1. The van der Waals surface area contributed by atoms with Crippen LogP contribution in [0.2, 0.25) is 0 Å². The van der Waals surface area contributed by atoms with E-state index in [4.69, 9.17) is 4.42 Å². The standard InChI is InChI=1S/C24H24N2O3/c1-16-10-11-18(14-17(16)2)21-8-4-12-26(21)24(28)19-6-3-7-20(15-19)25-23(27)22-9-5-13-29-22/h3,5-7,9-11,13-15,21H,4,8,12H2,1-2H3,(H,25,27). The normalized spacial score (nSPS) is 16.1. The van der Waals surface area contributed by atoms with Gasteiger partial charge in [-0.15, -0.1) is 0 Å². The summed E-state index contributed by atoms with van der Waals surface area (Å²) in [5, 5.41) is 2.78. The second-order valence-electron chi connectivity index (χ2n) is 7.51. The fourth-order valence-corrected chi connectivity index (χ4v) is 3.82. The van der Waals surface area contributed by atoms with E-state index in [0.29, 0.717) is 11.3 Å². The summed E-state index contributed by atoms with van der Waals surface area (Å²) in [5.41, 5.74) is 4.81. The molecule has 1 unspecified atom stereocenters. The molecule has 1 aliphatic heterocycles. The van der Waals surface area contributed by atoms with Gasteiger partial charge in [0.05, 0.1) is 12.3 Å². The van der Waals surface area contributed by atoms with E-state index in [1.165, 1.54) is 23.0 Å². The Bertz CT molecular complexity index is 1040. The van der Waals surface area contributed by atoms with Crippen molar-refractivity contribution in [3.05, 3.63) is 88.9 Å². The van der Waals surface area contributed by atoms with E-state index in [0.717, 1.165) is 19.4 Å². The number of furan rings is 1.